The minimum absolute atomic E-state index is 0.560. The molecule has 0 saturated carbocycles. The third-order valence-electron chi connectivity index (χ3n) is 5.30. The first-order chi connectivity index (χ1) is 9.74. The van der Waals surface area contributed by atoms with Crippen LogP contribution in [0.15, 0.2) is 24.3 Å². The second-order valence-electron chi connectivity index (χ2n) is 6.35. The van der Waals surface area contributed by atoms with Crippen LogP contribution in [0.25, 0.3) is 11.0 Å². The molecular weight excluding hydrogens is 266 g/mol. The molecular formula is C16H21N3S. The lowest BCUT2D eigenvalue weighted by Crippen LogP contribution is -2.50. The number of nitrogens with zero attached hydrogens (tertiary/aromatic N) is 2. The Morgan fingerprint density at radius 3 is 2.55 bits per heavy atom. The number of imidazole rings is 1. The van der Waals surface area contributed by atoms with Crippen LogP contribution in [0.3, 0.4) is 0 Å². The molecule has 2 unspecified atom stereocenters. The van der Waals surface area contributed by atoms with Gasteiger partial charge >= 0.3 is 0 Å². The topological polar surface area (TPSA) is 24.0 Å². The van der Waals surface area contributed by atoms with Gasteiger partial charge in [-0.1, -0.05) is 18.6 Å². The molecule has 0 radical (unpaired) electrons. The summed E-state index contributed by atoms with van der Waals surface area (Å²) in [6.45, 7) is 0. The maximum atomic E-state index is 5.59. The normalized spacial score (nSPS) is 30.8. The van der Waals surface area contributed by atoms with Crippen molar-refractivity contribution in [3.05, 3.63) is 29.0 Å². The van der Waals surface area contributed by atoms with Crippen LogP contribution in [0.5, 0.6) is 0 Å². The molecule has 2 aromatic rings. The highest BCUT2D eigenvalue weighted by Gasteiger charge is 2.37. The molecule has 2 saturated heterocycles. The van der Waals surface area contributed by atoms with Crippen LogP contribution < -0.4 is 0 Å². The fourth-order valence-electron chi connectivity index (χ4n) is 4.23. The lowest BCUT2D eigenvalue weighted by atomic mass is 9.82. The molecule has 3 heterocycles. The van der Waals surface area contributed by atoms with Gasteiger partial charge in [0, 0.05) is 18.1 Å². The Morgan fingerprint density at radius 2 is 1.80 bits per heavy atom. The van der Waals surface area contributed by atoms with Crippen molar-refractivity contribution in [2.75, 3.05) is 7.05 Å². The summed E-state index contributed by atoms with van der Waals surface area (Å²) in [6, 6.07) is 10.5. The lowest BCUT2D eigenvalue weighted by molar-refractivity contribution is 0.0407. The summed E-state index contributed by atoms with van der Waals surface area (Å²) >= 11 is 5.59. The Bertz CT molecular complexity index is 672. The number of nitrogens with one attached hydrogen (secondary N) is 1. The Balaban J connectivity index is 1.77. The van der Waals surface area contributed by atoms with Crippen LogP contribution in [0, 0.1) is 4.77 Å². The van der Waals surface area contributed by atoms with Crippen LogP contribution in [0.1, 0.15) is 38.1 Å². The van der Waals surface area contributed by atoms with Gasteiger partial charge in [0.05, 0.1) is 11.0 Å². The summed E-state index contributed by atoms with van der Waals surface area (Å²) in [6.07, 6.45) is 6.57. The molecule has 106 valence electrons. The molecule has 0 spiro atoms. The molecule has 2 aliphatic heterocycles. The van der Waals surface area contributed by atoms with Crippen LogP contribution in [-0.2, 0) is 0 Å². The van der Waals surface area contributed by atoms with Gasteiger partial charge in [-0.25, -0.2) is 0 Å². The largest absolute Gasteiger partial charge is 0.331 e. The highest BCUT2D eigenvalue weighted by atomic mass is 32.1. The van der Waals surface area contributed by atoms with Crippen molar-refractivity contribution in [1.29, 1.82) is 0 Å². The number of piperidine rings is 2. The van der Waals surface area contributed by atoms with Crippen LogP contribution in [0.2, 0.25) is 0 Å². The molecule has 2 atom stereocenters. The van der Waals surface area contributed by atoms with E-state index in [-0.39, 0.29) is 0 Å². The average Bonchev–Trinajstić information content (AvgIpc) is 2.74. The van der Waals surface area contributed by atoms with E-state index in [2.05, 4.69) is 45.8 Å². The van der Waals surface area contributed by atoms with Gasteiger partial charge in [0.2, 0.25) is 0 Å². The van der Waals surface area contributed by atoms with E-state index >= 15 is 0 Å². The van der Waals surface area contributed by atoms with E-state index in [1.54, 1.807) is 0 Å². The maximum Gasteiger partial charge on any atom is 0.178 e. The molecule has 0 aliphatic carbocycles. The zero-order chi connectivity index (χ0) is 13.7. The summed E-state index contributed by atoms with van der Waals surface area (Å²) in [5, 5.41) is 0. The monoisotopic (exact) mass is 287 g/mol. The van der Waals surface area contributed by atoms with Gasteiger partial charge < -0.3 is 14.5 Å². The van der Waals surface area contributed by atoms with E-state index in [9.17, 15) is 0 Å². The molecule has 4 rings (SSSR count). The van der Waals surface area contributed by atoms with Crippen molar-refractivity contribution in [1.82, 2.24) is 14.5 Å². The van der Waals surface area contributed by atoms with Crippen molar-refractivity contribution < 1.29 is 0 Å². The number of H-pyrrole nitrogens is 1. The minimum Gasteiger partial charge on any atom is -0.331 e. The first-order valence-corrected chi connectivity index (χ1v) is 8.06. The smallest absolute Gasteiger partial charge is 0.178 e. The second-order valence-corrected chi connectivity index (χ2v) is 6.73. The van der Waals surface area contributed by atoms with Gasteiger partial charge in [0.15, 0.2) is 4.77 Å². The van der Waals surface area contributed by atoms with Crippen LogP contribution >= 0.6 is 12.2 Å². The SMILES string of the molecule is CN1C2CCCC1CC(n1c(=S)[nH]c3ccccc31)C2. The first-order valence-electron chi connectivity index (χ1n) is 7.65. The Labute approximate surface area is 124 Å². The highest BCUT2D eigenvalue weighted by Crippen LogP contribution is 2.39. The van der Waals surface area contributed by atoms with E-state index in [4.69, 9.17) is 12.2 Å². The molecule has 1 aromatic carbocycles. The number of rotatable bonds is 1. The summed E-state index contributed by atoms with van der Waals surface area (Å²) < 4.78 is 3.27. The molecule has 1 N–H and O–H groups in total. The Kier molecular flexibility index (Phi) is 2.97. The number of aromatic amines is 1. The Morgan fingerprint density at radius 1 is 1.10 bits per heavy atom. The van der Waals surface area contributed by atoms with E-state index in [0.717, 1.165) is 16.9 Å². The van der Waals surface area contributed by atoms with Crippen LogP contribution in [-0.4, -0.2) is 33.6 Å². The number of hydrogen-bond donors (Lipinski definition) is 1. The number of fused-ring (bicyclic) bond motifs is 3. The van der Waals surface area contributed by atoms with E-state index in [1.807, 2.05) is 0 Å². The summed E-state index contributed by atoms with van der Waals surface area (Å²) in [7, 11) is 2.30. The predicted molar refractivity (Wildman–Crippen MR) is 84.6 cm³/mol. The van der Waals surface area contributed by atoms with Gasteiger partial charge in [-0.2, -0.15) is 0 Å². The summed E-state index contributed by atoms with van der Waals surface area (Å²) in [4.78, 5) is 5.98. The van der Waals surface area contributed by atoms with Crippen molar-refractivity contribution in [3.63, 3.8) is 0 Å². The van der Waals surface area contributed by atoms with Gasteiger partial charge in [-0.15, -0.1) is 0 Å². The number of benzene rings is 1. The summed E-state index contributed by atoms with van der Waals surface area (Å²) in [5.41, 5.74) is 2.44. The molecule has 2 bridgehead atoms. The zero-order valence-corrected chi connectivity index (χ0v) is 12.7. The number of aromatic nitrogens is 2. The number of para-hydroxylation sites is 2. The average molecular weight is 287 g/mol. The molecule has 0 amide bonds. The molecule has 20 heavy (non-hydrogen) atoms. The fourth-order valence-corrected chi connectivity index (χ4v) is 4.59. The molecule has 3 nitrogen and oxygen atoms in total. The Hall–Kier alpha value is -1.13. The van der Waals surface area contributed by atoms with Crippen molar-refractivity contribution in [2.24, 2.45) is 0 Å². The van der Waals surface area contributed by atoms with E-state index in [0.29, 0.717) is 6.04 Å². The van der Waals surface area contributed by atoms with Gasteiger partial charge in [-0.05, 0) is 57.1 Å². The van der Waals surface area contributed by atoms with Gasteiger partial charge in [-0.3, -0.25) is 0 Å². The second kappa shape index (κ2) is 4.71. The summed E-state index contributed by atoms with van der Waals surface area (Å²) in [5.74, 6) is 0. The standard InChI is InChI=1S/C16H21N3S/c1-18-11-5-4-6-12(18)10-13(9-11)19-15-8-3-2-7-14(15)17-16(19)20/h2-3,7-8,11-13H,4-6,9-10H2,1H3,(H,17,20). The molecule has 4 heteroatoms. The lowest BCUT2D eigenvalue weighted by Gasteiger charge is -2.47. The molecule has 2 fully saturated rings. The predicted octanol–water partition coefficient (Wildman–Crippen LogP) is 3.89. The quantitative estimate of drug-likeness (QED) is 0.805. The molecule has 2 aliphatic rings. The minimum atomic E-state index is 0.560. The van der Waals surface area contributed by atoms with E-state index < -0.39 is 0 Å². The maximum absolute atomic E-state index is 5.59. The van der Waals surface area contributed by atoms with Gasteiger partial charge in [0.1, 0.15) is 0 Å². The molecule has 1 aromatic heterocycles. The highest BCUT2D eigenvalue weighted by molar-refractivity contribution is 7.71. The number of hydrogen-bond acceptors (Lipinski definition) is 2. The third-order valence-corrected chi connectivity index (χ3v) is 5.60. The zero-order valence-electron chi connectivity index (χ0n) is 11.9. The van der Waals surface area contributed by atoms with Crippen molar-refractivity contribution in [2.45, 2.75) is 50.2 Å². The van der Waals surface area contributed by atoms with Gasteiger partial charge in [0.25, 0.3) is 0 Å². The van der Waals surface area contributed by atoms with Crippen molar-refractivity contribution >= 4 is 23.3 Å². The fraction of sp³-hybridized carbons (Fsp3) is 0.562. The van der Waals surface area contributed by atoms with Crippen LogP contribution in [0.4, 0.5) is 0 Å². The first kappa shape index (κ1) is 12.6. The van der Waals surface area contributed by atoms with Crippen molar-refractivity contribution in [3.8, 4) is 0 Å². The third kappa shape index (κ3) is 1.85. The van der Waals surface area contributed by atoms with E-state index in [1.165, 1.54) is 43.1 Å².